The lowest BCUT2D eigenvalue weighted by atomic mass is 10.5. The SMILES string of the molecule is C=CCN(CC=C)CO[Si](C)(C)C. The Hall–Kier alpha value is -0.383. The molecule has 0 aliphatic heterocycles. The van der Waals surface area contributed by atoms with Gasteiger partial charge in [0, 0.05) is 13.1 Å². The van der Waals surface area contributed by atoms with Gasteiger partial charge in [0.25, 0.3) is 0 Å². The highest BCUT2D eigenvalue weighted by molar-refractivity contribution is 6.69. The third kappa shape index (κ3) is 7.96. The Morgan fingerprint density at radius 2 is 1.62 bits per heavy atom. The minimum Gasteiger partial charge on any atom is -0.405 e. The summed E-state index contributed by atoms with van der Waals surface area (Å²) in [4.78, 5) is 2.16. The largest absolute Gasteiger partial charge is 0.405 e. The Morgan fingerprint density at radius 1 is 1.15 bits per heavy atom. The Bertz CT molecular complexity index is 153. The molecular weight excluding hydrogens is 178 g/mol. The fourth-order valence-electron chi connectivity index (χ4n) is 0.830. The fraction of sp³-hybridized carbons (Fsp3) is 0.600. The van der Waals surface area contributed by atoms with Crippen molar-refractivity contribution < 1.29 is 4.43 Å². The van der Waals surface area contributed by atoms with Crippen molar-refractivity contribution in [2.45, 2.75) is 19.6 Å². The van der Waals surface area contributed by atoms with Crippen LogP contribution in [0.25, 0.3) is 0 Å². The molecule has 0 amide bonds. The van der Waals surface area contributed by atoms with E-state index < -0.39 is 8.32 Å². The lowest BCUT2D eigenvalue weighted by molar-refractivity contribution is 0.145. The first-order chi connectivity index (χ1) is 5.99. The monoisotopic (exact) mass is 199 g/mol. The highest BCUT2D eigenvalue weighted by Crippen LogP contribution is 2.03. The predicted molar refractivity (Wildman–Crippen MR) is 61.3 cm³/mol. The van der Waals surface area contributed by atoms with E-state index in [0.29, 0.717) is 6.73 Å². The molecule has 0 N–H and O–H groups in total. The van der Waals surface area contributed by atoms with E-state index in [0.717, 1.165) is 13.1 Å². The average Bonchev–Trinajstić information content (AvgIpc) is 2.00. The average molecular weight is 199 g/mol. The van der Waals surface area contributed by atoms with E-state index in [9.17, 15) is 0 Å². The lowest BCUT2D eigenvalue weighted by Gasteiger charge is -2.24. The van der Waals surface area contributed by atoms with Crippen LogP contribution in [-0.2, 0) is 4.43 Å². The number of hydrogen-bond donors (Lipinski definition) is 0. The first kappa shape index (κ1) is 12.6. The predicted octanol–water partition coefficient (Wildman–Crippen LogP) is 2.47. The maximum atomic E-state index is 5.77. The summed E-state index contributed by atoms with van der Waals surface area (Å²) in [5.41, 5.74) is 0. The Balaban J connectivity index is 3.80. The van der Waals surface area contributed by atoms with Crippen molar-refractivity contribution in [2.75, 3.05) is 19.8 Å². The van der Waals surface area contributed by atoms with Crippen LogP contribution in [0.5, 0.6) is 0 Å². The zero-order chi connectivity index (χ0) is 10.3. The van der Waals surface area contributed by atoms with Crippen LogP contribution >= 0.6 is 0 Å². The molecule has 0 unspecified atom stereocenters. The van der Waals surface area contributed by atoms with Crippen LogP contribution in [0.15, 0.2) is 25.3 Å². The molecule has 2 nitrogen and oxygen atoms in total. The van der Waals surface area contributed by atoms with Gasteiger partial charge >= 0.3 is 0 Å². The molecule has 0 atom stereocenters. The zero-order valence-corrected chi connectivity index (χ0v) is 10.0. The van der Waals surface area contributed by atoms with Crippen LogP contribution in [-0.4, -0.2) is 33.0 Å². The summed E-state index contributed by atoms with van der Waals surface area (Å²) in [6.07, 6.45) is 3.77. The van der Waals surface area contributed by atoms with Gasteiger partial charge in [-0.1, -0.05) is 12.2 Å². The van der Waals surface area contributed by atoms with Gasteiger partial charge in [-0.25, -0.2) is 0 Å². The minimum absolute atomic E-state index is 0.688. The van der Waals surface area contributed by atoms with Crippen LogP contribution in [0, 0.1) is 0 Å². The molecule has 76 valence electrons. The molecule has 0 spiro atoms. The summed E-state index contributed by atoms with van der Waals surface area (Å²) in [7, 11) is -1.39. The standard InChI is InChI=1S/C10H21NOSi/c1-6-8-11(9-7-2)10-12-13(3,4)5/h6-7H,1-2,8-10H2,3-5H3. The maximum absolute atomic E-state index is 5.77. The number of nitrogens with zero attached hydrogens (tertiary/aromatic N) is 1. The van der Waals surface area contributed by atoms with Gasteiger partial charge in [0.2, 0.25) is 0 Å². The van der Waals surface area contributed by atoms with Gasteiger partial charge in [-0.15, -0.1) is 13.2 Å². The van der Waals surface area contributed by atoms with Gasteiger partial charge in [-0.3, -0.25) is 4.90 Å². The summed E-state index contributed by atoms with van der Waals surface area (Å²) in [6.45, 7) is 16.4. The van der Waals surface area contributed by atoms with Crippen molar-refractivity contribution >= 4 is 8.32 Å². The highest BCUT2D eigenvalue weighted by atomic mass is 28.4. The molecule has 0 aromatic heterocycles. The molecule has 0 bridgehead atoms. The Labute approximate surface area is 83.0 Å². The molecule has 0 aromatic carbocycles. The quantitative estimate of drug-likeness (QED) is 0.355. The Kier molecular flexibility index (Phi) is 5.95. The molecule has 0 saturated carbocycles. The molecule has 13 heavy (non-hydrogen) atoms. The van der Waals surface area contributed by atoms with E-state index >= 15 is 0 Å². The van der Waals surface area contributed by atoms with Gasteiger partial charge < -0.3 is 4.43 Å². The summed E-state index contributed by atoms with van der Waals surface area (Å²) < 4.78 is 5.77. The smallest absolute Gasteiger partial charge is 0.185 e. The van der Waals surface area contributed by atoms with Gasteiger partial charge in [-0.05, 0) is 19.6 Å². The van der Waals surface area contributed by atoms with Gasteiger partial charge in [0.15, 0.2) is 8.32 Å². The first-order valence-corrected chi connectivity index (χ1v) is 7.98. The van der Waals surface area contributed by atoms with Gasteiger partial charge in [-0.2, -0.15) is 0 Å². The van der Waals surface area contributed by atoms with E-state index in [1.165, 1.54) is 0 Å². The molecule has 0 aliphatic rings. The van der Waals surface area contributed by atoms with Gasteiger partial charge in [0.05, 0.1) is 6.73 Å². The molecule has 0 saturated heterocycles. The van der Waals surface area contributed by atoms with E-state index in [4.69, 9.17) is 4.43 Å². The summed E-state index contributed by atoms with van der Waals surface area (Å²) in [5.74, 6) is 0. The second-order valence-corrected chi connectivity index (χ2v) is 8.51. The van der Waals surface area contributed by atoms with Crippen LogP contribution in [0.2, 0.25) is 19.6 Å². The fourth-order valence-corrected chi connectivity index (χ4v) is 1.40. The van der Waals surface area contributed by atoms with Crippen molar-refractivity contribution in [3.63, 3.8) is 0 Å². The van der Waals surface area contributed by atoms with Crippen LogP contribution in [0.4, 0.5) is 0 Å². The lowest BCUT2D eigenvalue weighted by Crippen LogP contribution is -2.35. The van der Waals surface area contributed by atoms with Gasteiger partial charge in [0.1, 0.15) is 0 Å². The molecule has 0 heterocycles. The Morgan fingerprint density at radius 3 is 1.92 bits per heavy atom. The molecule has 0 aromatic rings. The van der Waals surface area contributed by atoms with Crippen molar-refractivity contribution in [3.05, 3.63) is 25.3 Å². The zero-order valence-electron chi connectivity index (χ0n) is 9.05. The second kappa shape index (κ2) is 6.13. The number of hydrogen-bond acceptors (Lipinski definition) is 2. The van der Waals surface area contributed by atoms with Crippen LogP contribution in [0.1, 0.15) is 0 Å². The maximum Gasteiger partial charge on any atom is 0.185 e. The molecule has 0 radical (unpaired) electrons. The van der Waals surface area contributed by atoms with E-state index in [1.54, 1.807) is 0 Å². The van der Waals surface area contributed by atoms with Crippen LogP contribution in [0.3, 0.4) is 0 Å². The van der Waals surface area contributed by atoms with E-state index in [-0.39, 0.29) is 0 Å². The number of rotatable bonds is 7. The highest BCUT2D eigenvalue weighted by Gasteiger charge is 2.15. The van der Waals surface area contributed by atoms with E-state index in [1.807, 2.05) is 12.2 Å². The summed E-state index contributed by atoms with van der Waals surface area (Å²) >= 11 is 0. The van der Waals surface area contributed by atoms with Crippen LogP contribution < -0.4 is 0 Å². The normalized spacial score (nSPS) is 11.7. The summed E-state index contributed by atoms with van der Waals surface area (Å²) in [6, 6.07) is 0. The molecule has 0 fully saturated rings. The molecular formula is C10H21NOSi. The van der Waals surface area contributed by atoms with Crippen molar-refractivity contribution in [1.29, 1.82) is 0 Å². The molecule has 3 heteroatoms. The van der Waals surface area contributed by atoms with Crippen molar-refractivity contribution in [3.8, 4) is 0 Å². The minimum atomic E-state index is -1.39. The van der Waals surface area contributed by atoms with E-state index in [2.05, 4.69) is 37.7 Å². The van der Waals surface area contributed by atoms with Crippen molar-refractivity contribution in [2.24, 2.45) is 0 Å². The third-order valence-corrected chi connectivity index (χ3v) is 2.45. The second-order valence-electron chi connectivity index (χ2n) is 4.00. The van der Waals surface area contributed by atoms with Crippen molar-refractivity contribution in [1.82, 2.24) is 4.90 Å². The summed E-state index contributed by atoms with van der Waals surface area (Å²) in [5, 5.41) is 0. The first-order valence-electron chi connectivity index (χ1n) is 4.57. The molecule has 0 aliphatic carbocycles. The third-order valence-electron chi connectivity index (χ3n) is 1.45. The topological polar surface area (TPSA) is 12.5 Å². The molecule has 0 rings (SSSR count).